The van der Waals surface area contributed by atoms with Gasteiger partial charge in [-0.05, 0) is 88.2 Å². The van der Waals surface area contributed by atoms with Crippen LogP contribution in [-0.4, -0.2) is 38.1 Å². The largest absolute Gasteiger partial charge is 0.487 e. The van der Waals surface area contributed by atoms with Gasteiger partial charge < -0.3 is 9.84 Å². The second-order valence-corrected chi connectivity index (χ2v) is 14.3. The van der Waals surface area contributed by atoms with Crippen molar-refractivity contribution in [3.05, 3.63) is 93.2 Å². The van der Waals surface area contributed by atoms with E-state index in [2.05, 4.69) is 62.5 Å². The number of rotatable bonds is 10. The van der Waals surface area contributed by atoms with Crippen molar-refractivity contribution >= 4 is 39.2 Å². The molecule has 39 heavy (non-hydrogen) atoms. The Morgan fingerprint density at radius 2 is 1.77 bits per heavy atom. The van der Waals surface area contributed by atoms with Gasteiger partial charge in [0.15, 0.2) is 0 Å². The van der Waals surface area contributed by atoms with Gasteiger partial charge in [0.1, 0.15) is 23.7 Å². The maximum Gasteiger partial charge on any atom is 0.307 e. The van der Waals surface area contributed by atoms with E-state index >= 15 is 0 Å². The van der Waals surface area contributed by atoms with Gasteiger partial charge in [0.25, 0.3) is 0 Å². The van der Waals surface area contributed by atoms with Crippen molar-refractivity contribution in [2.75, 3.05) is 12.0 Å². The van der Waals surface area contributed by atoms with Gasteiger partial charge in [0.2, 0.25) is 0 Å². The highest BCUT2D eigenvalue weighted by molar-refractivity contribution is 8.33. The summed E-state index contributed by atoms with van der Waals surface area (Å²) in [5.41, 5.74) is 4.14. The van der Waals surface area contributed by atoms with Crippen molar-refractivity contribution in [3.8, 4) is 11.4 Å². The van der Waals surface area contributed by atoms with Gasteiger partial charge in [0, 0.05) is 0 Å². The number of carboxylic acids is 1. The van der Waals surface area contributed by atoms with Crippen LogP contribution in [0.25, 0.3) is 5.69 Å². The Morgan fingerprint density at radius 1 is 1.08 bits per heavy atom. The number of carbonyl (C=O) groups is 1. The molecule has 0 radical (unpaired) electrons. The molecule has 1 atom stereocenters. The molecule has 6 nitrogen and oxygen atoms in total. The highest BCUT2D eigenvalue weighted by atomic mass is 35.5. The van der Waals surface area contributed by atoms with Crippen LogP contribution in [0, 0.1) is 6.92 Å². The van der Waals surface area contributed by atoms with Crippen LogP contribution >= 0.6 is 33.2 Å². The van der Waals surface area contributed by atoms with Crippen LogP contribution in [0.1, 0.15) is 49.2 Å². The fraction of sp³-hybridized carbons (Fsp3) is 0.300. The second-order valence-electron chi connectivity index (χ2n) is 9.87. The number of hydrogen-bond donors (Lipinski definition) is 1. The lowest BCUT2D eigenvalue weighted by molar-refractivity contribution is -0.136. The molecule has 4 rings (SSSR count). The summed E-state index contributed by atoms with van der Waals surface area (Å²) in [4.78, 5) is 13.7. The van der Waals surface area contributed by atoms with Crippen molar-refractivity contribution < 1.29 is 14.6 Å². The van der Waals surface area contributed by atoms with Gasteiger partial charge in [0.05, 0.1) is 22.2 Å². The van der Waals surface area contributed by atoms with Crippen LogP contribution in [0.5, 0.6) is 5.75 Å². The first kappa shape index (κ1) is 29.0. The van der Waals surface area contributed by atoms with E-state index in [9.17, 15) is 9.90 Å². The third kappa shape index (κ3) is 6.11. The SMILES string of the molecule is CCS(C)(c1cccc(CC(=O)O)c1)c1ccc(OCc2c(C(C)C)nnn2-c2c(Cl)cccc2Cl)cc1C. The van der Waals surface area contributed by atoms with E-state index in [1.807, 2.05) is 24.3 Å². The molecule has 0 aliphatic rings. The lowest BCUT2D eigenvalue weighted by atomic mass is 10.1. The van der Waals surface area contributed by atoms with Crippen molar-refractivity contribution in [1.82, 2.24) is 15.0 Å². The van der Waals surface area contributed by atoms with Gasteiger partial charge in [-0.15, -0.1) is 5.10 Å². The summed E-state index contributed by atoms with van der Waals surface area (Å²) >= 11 is 13.0. The van der Waals surface area contributed by atoms with Crippen molar-refractivity contribution in [2.24, 2.45) is 0 Å². The topological polar surface area (TPSA) is 77.2 Å². The smallest absolute Gasteiger partial charge is 0.307 e. The fourth-order valence-electron chi connectivity index (χ4n) is 4.70. The second kappa shape index (κ2) is 12.0. The first-order valence-electron chi connectivity index (χ1n) is 12.7. The zero-order chi connectivity index (χ0) is 28.3. The molecule has 0 aliphatic carbocycles. The molecule has 0 fully saturated rings. The van der Waals surface area contributed by atoms with E-state index in [-0.39, 0.29) is 18.9 Å². The van der Waals surface area contributed by atoms with E-state index in [0.717, 1.165) is 34.0 Å². The van der Waals surface area contributed by atoms with Crippen LogP contribution in [0.3, 0.4) is 0 Å². The Balaban J connectivity index is 1.64. The van der Waals surface area contributed by atoms with Gasteiger partial charge in [-0.3, -0.25) is 4.79 Å². The number of benzene rings is 3. The predicted molar refractivity (Wildman–Crippen MR) is 159 cm³/mol. The lowest BCUT2D eigenvalue weighted by Gasteiger charge is -2.37. The quantitative estimate of drug-likeness (QED) is 0.203. The number of halogens is 2. The normalized spacial score (nSPS) is 13.7. The van der Waals surface area contributed by atoms with E-state index < -0.39 is 16.0 Å². The number of aromatic nitrogens is 3. The van der Waals surface area contributed by atoms with Crippen LogP contribution in [0.2, 0.25) is 10.0 Å². The standard InChI is InChI=1S/C30H33Cl2N3O3S/c1-6-39(5,23-10-7-9-21(16-23)17-28(36)37)27-14-13-22(15-20(27)4)38-18-26-29(19(2)3)33-34-35(26)30-24(31)11-8-12-25(30)32/h7-16,19H,6,17-18H2,1-5H3,(H,36,37). The Morgan fingerprint density at radius 3 is 2.38 bits per heavy atom. The molecular weight excluding hydrogens is 553 g/mol. The zero-order valence-corrected chi connectivity index (χ0v) is 25.1. The van der Waals surface area contributed by atoms with Gasteiger partial charge in [-0.2, -0.15) is 10.0 Å². The minimum atomic E-state index is -1.37. The fourth-order valence-corrected chi connectivity index (χ4v) is 8.08. The molecular formula is C30H33Cl2N3O3S. The van der Waals surface area contributed by atoms with Crippen LogP contribution < -0.4 is 4.74 Å². The van der Waals surface area contributed by atoms with E-state index in [4.69, 9.17) is 27.9 Å². The molecule has 0 saturated heterocycles. The third-order valence-corrected chi connectivity index (χ3v) is 11.3. The average molecular weight is 587 g/mol. The lowest BCUT2D eigenvalue weighted by Crippen LogP contribution is -2.10. The summed E-state index contributed by atoms with van der Waals surface area (Å²) in [5, 5.41) is 19.0. The molecule has 9 heteroatoms. The van der Waals surface area contributed by atoms with Crippen LogP contribution in [-0.2, 0) is 17.8 Å². The first-order valence-corrected chi connectivity index (χ1v) is 15.7. The van der Waals surface area contributed by atoms with Crippen LogP contribution in [0.15, 0.2) is 70.5 Å². The van der Waals surface area contributed by atoms with Crippen molar-refractivity contribution in [1.29, 1.82) is 0 Å². The Bertz CT molecular complexity index is 1480. The monoisotopic (exact) mass is 585 g/mol. The Labute approximate surface area is 241 Å². The van der Waals surface area contributed by atoms with Crippen molar-refractivity contribution in [3.63, 3.8) is 0 Å². The Kier molecular flexibility index (Phi) is 8.94. The minimum absolute atomic E-state index is 0.0159. The summed E-state index contributed by atoms with van der Waals surface area (Å²) in [6.45, 7) is 8.65. The number of aryl methyl sites for hydroxylation is 1. The molecule has 1 unspecified atom stereocenters. The molecule has 4 aromatic rings. The number of ether oxygens (including phenoxy) is 1. The summed E-state index contributed by atoms with van der Waals surface area (Å²) in [6.07, 6.45) is 2.30. The minimum Gasteiger partial charge on any atom is -0.487 e. The third-order valence-electron chi connectivity index (χ3n) is 6.85. The molecule has 0 bridgehead atoms. The summed E-state index contributed by atoms with van der Waals surface area (Å²) in [6, 6.07) is 19.5. The highest BCUT2D eigenvalue weighted by Crippen LogP contribution is 2.60. The summed E-state index contributed by atoms with van der Waals surface area (Å²) in [5.74, 6) is 0.980. The highest BCUT2D eigenvalue weighted by Gasteiger charge is 2.25. The average Bonchev–Trinajstić information content (AvgIpc) is 3.30. The van der Waals surface area contributed by atoms with Gasteiger partial charge in [-0.25, -0.2) is 4.68 Å². The first-order chi connectivity index (χ1) is 18.5. The molecule has 0 amide bonds. The molecule has 1 N–H and O–H groups in total. The number of para-hydroxylation sites is 1. The maximum absolute atomic E-state index is 11.3. The molecule has 206 valence electrons. The molecule has 1 heterocycles. The Hall–Kier alpha value is -3.00. The van der Waals surface area contributed by atoms with Gasteiger partial charge in [-0.1, -0.05) is 67.4 Å². The number of hydrogen-bond acceptors (Lipinski definition) is 4. The van der Waals surface area contributed by atoms with E-state index in [1.165, 1.54) is 9.79 Å². The molecule has 0 aliphatic heterocycles. The van der Waals surface area contributed by atoms with E-state index in [0.29, 0.717) is 15.7 Å². The summed E-state index contributed by atoms with van der Waals surface area (Å²) < 4.78 is 7.96. The molecule has 0 spiro atoms. The van der Waals surface area contributed by atoms with Crippen LogP contribution in [0.4, 0.5) is 0 Å². The van der Waals surface area contributed by atoms with Crippen molar-refractivity contribution in [2.45, 2.75) is 56.4 Å². The maximum atomic E-state index is 11.3. The number of aliphatic carboxylic acids is 1. The number of nitrogens with zero attached hydrogens (tertiary/aromatic N) is 3. The molecule has 1 aromatic heterocycles. The molecule has 3 aromatic carbocycles. The molecule has 0 saturated carbocycles. The van der Waals surface area contributed by atoms with E-state index in [1.54, 1.807) is 22.9 Å². The van der Waals surface area contributed by atoms with Gasteiger partial charge >= 0.3 is 5.97 Å². The zero-order valence-electron chi connectivity index (χ0n) is 22.7. The predicted octanol–water partition coefficient (Wildman–Crippen LogP) is 8.08. The summed E-state index contributed by atoms with van der Waals surface area (Å²) in [7, 11) is -1.37. The number of carboxylic acid groups (broad SMARTS) is 1.